The van der Waals surface area contributed by atoms with Gasteiger partial charge in [-0.1, -0.05) is 0 Å². The van der Waals surface area contributed by atoms with Gasteiger partial charge in [-0.3, -0.25) is 13.7 Å². The van der Waals surface area contributed by atoms with Crippen molar-refractivity contribution >= 4 is 119 Å². The van der Waals surface area contributed by atoms with Crippen molar-refractivity contribution in [2.75, 3.05) is 0 Å². The van der Waals surface area contributed by atoms with Gasteiger partial charge in [0.2, 0.25) is 0 Å². The summed E-state index contributed by atoms with van der Waals surface area (Å²) >= 11 is 0. The van der Waals surface area contributed by atoms with Gasteiger partial charge in [0.1, 0.15) is 15.7 Å². The molecule has 26 heteroatoms. The van der Waals surface area contributed by atoms with E-state index in [1.54, 1.807) is 0 Å². The summed E-state index contributed by atoms with van der Waals surface area (Å²) in [5, 5.41) is 51.8. The van der Waals surface area contributed by atoms with Crippen molar-refractivity contribution in [3.63, 3.8) is 0 Å². The van der Waals surface area contributed by atoms with Gasteiger partial charge in [0, 0.05) is 37.2 Å². The molecule has 3 atom stereocenters. The molecular formula is C12H12Bi2O21S3. The van der Waals surface area contributed by atoms with Crippen molar-refractivity contribution in [1.29, 1.82) is 0 Å². The number of rotatable bonds is 12. The molecule has 3 unspecified atom stereocenters. The van der Waals surface area contributed by atoms with Gasteiger partial charge in [-0.05, 0) is 0 Å². The summed E-state index contributed by atoms with van der Waals surface area (Å²) in [6, 6.07) is 0. The van der Waals surface area contributed by atoms with Gasteiger partial charge in [0.15, 0.2) is 0 Å². The van der Waals surface area contributed by atoms with E-state index in [-0.39, 0.29) is 52.4 Å². The summed E-state index contributed by atoms with van der Waals surface area (Å²) in [4.78, 5) is 59.2. The van der Waals surface area contributed by atoms with Crippen molar-refractivity contribution in [3.05, 3.63) is 0 Å². The third-order valence-electron chi connectivity index (χ3n) is 2.92. The Bertz CT molecular complexity index is 1020. The minimum atomic E-state index is -4.94. The van der Waals surface area contributed by atoms with E-state index in [1.165, 1.54) is 0 Å². The SMILES string of the molecule is O=C([O-])CC(C(=O)[O-])S(=O)(=O)O.O=C([O-])CC(C(=O)[O-])S(=O)(=O)O.O=C([O-])CC(C(=O)[O-])S(=O)(=O)O.[Bi+3].[Bi+3]. The molecule has 0 saturated carbocycles. The van der Waals surface area contributed by atoms with E-state index < -0.39 is 101 Å². The fourth-order valence-electron chi connectivity index (χ4n) is 1.38. The summed E-state index contributed by atoms with van der Waals surface area (Å²) in [6.45, 7) is 0. The molecule has 3 N–H and O–H groups in total. The number of hydrogen-bond acceptors (Lipinski definition) is 18. The standard InChI is InChI=1S/3C4H6O7S.2Bi/c3*5-3(6)1-2(4(7)8)12(9,10)11;;/h3*2H,1H2,(H,5,6)(H,7,8)(H,9,10,11);;/q;;;2*+3/p-6. The number of carboxylic acids is 6. The van der Waals surface area contributed by atoms with E-state index in [0.29, 0.717) is 0 Å². The molecule has 0 rings (SSSR count). The quantitative estimate of drug-likeness (QED) is 0.121. The van der Waals surface area contributed by atoms with E-state index >= 15 is 0 Å². The van der Waals surface area contributed by atoms with Crippen LogP contribution < -0.4 is 30.6 Å². The maximum Gasteiger partial charge on any atom is 3.00 e. The average Bonchev–Trinajstić information content (AvgIpc) is 2.59. The molecule has 0 aromatic heterocycles. The maximum atomic E-state index is 10.2. The largest absolute Gasteiger partial charge is 3.00 e. The van der Waals surface area contributed by atoms with Gasteiger partial charge in [-0.15, -0.1) is 0 Å². The first-order chi connectivity index (χ1) is 15.7. The Morgan fingerprint density at radius 1 is 0.447 bits per heavy atom. The number of hydrogen-bond donors (Lipinski definition) is 3. The Morgan fingerprint density at radius 3 is 0.605 bits per heavy atom. The molecule has 0 aliphatic heterocycles. The third kappa shape index (κ3) is 23.4. The van der Waals surface area contributed by atoms with E-state index in [2.05, 4.69) is 0 Å². The van der Waals surface area contributed by atoms with Crippen LogP contribution in [0.3, 0.4) is 0 Å². The van der Waals surface area contributed by atoms with Crippen LogP contribution in [0, 0.1) is 0 Å². The van der Waals surface area contributed by atoms with Crippen LogP contribution in [0.5, 0.6) is 0 Å². The van der Waals surface area contributed by atoms with E-state index in [9.17, 15) is 84.7 Å². The number of carboxylic acid groups (broad SMARTS) is 6. The number of aliphatic carboxylic acids is 6. The molecular weight excluding hydrogens is 994 g/mol. The fourth-order valence-corrected chi connectivity index (χ4v) is 3.15. The number of carbonyl (C=O) groups excluding carboxylic acids is 6. The zero-order valence-corrected chi connectivity index (χ0v) is 27.1. The van der Waals surface area contributed by atoms with Gasteiger partial charge in [0.25, 0.3) is 30.4 Å². The first kappa shape index (κ1) is 46.2. The average molecular weight is 1010 g/mol. The van der Waals surface area contributed by atoms with Crippen molar-refractivity contribution in [3.8, 4) is 0 Å². The first-order valence-corrected chi connectivity index (χ1v) is 12.4. The Kier molecular flexibility index (Phi) is 23.6. The molecule has 0 aromatic rings. The summed E-state index contributed by atoms with van der Waals surface area (Å²) in [6.07, 6.45) is -4.00. The summed E-state index contributed by atoms with van der Waals surface area (Å²) in [5.41, 5.74) is 0. The van der Waals surface area contributed by atoms with Crippen LogP contribution >= 0.6 is 0 Å². The predicted molar refractivity (Wildman–Crippen MR) is 101 cm³/mol. The fraction of sp³-hybridized carbons (Fsp3) is 0.500. The van der Waals surface area contributed by atoms with Gasteiger partial charge in [-0.2, -0.15) is 25.3 Å². The van der Waals surface area contributed by atoms with Crippen LogP contribution in [-0.2, 0) is 59.1 Å². The third-order valence-corrected chi connectivity index (χ3v) is 6.16. The second kappa shape index (κ2) is 19.4. The van der Waals surface area contributed by atoms with Crippen LogP contribution in [-0.4, -0.2) is 143 Å². The zero-order chi connectivity index (χ0) is 29.8. The second-order valence-corrected chi connectivity index (χ2v) is 10.5. The van der Waals surface area contributed by atoms with Crippen molar-refractivity contribution in [2.45, 2.75) is 35.0 Å². The van der Waals surface area contributed by atoms with Crippen molar-refractivity contribution < 1.29 is 98.3 Å². The van der Waals surface area contributed by atoms with Gasteiger partial charge < -0.3 is 59.4 Å². The molecule has 0 fully saturated rings. The topological polar surface area (TPSA) is 404 Å². The molecule has 4 radical (unpaired) electrons. The smallest absolute Gasteiger partial charge is 0.550 e. The van der Waals surface area contributed by atoms with Crippen LogP contribution in [0.15, 0.2) is 0 Å². The molecule has 0 spiro atoms. The van der Waals surface area contributed by atoms with E-state index in [4.69, 9.17) is 13.7 Å². The van der Waals surface area contributed by atoms with Crippen molar-refractivity contribution in [2.24, 2.45) is 0 Å². The molecule has 0 aliphatic carbocycles. The van der Waals surface area contributed by atoms with E-state index in [0.717, 1.165) is 0 Å². The monoisotopic (exact) mass is 1010 g/mol. The van der Waals surface area contributed by atoms with Gasteiger partial charge >= 0.3 is 52.4 Å². The molecule has 0 amide bonds. The Labute approximate surface area is 250 Å². The van der Waals surface area contributed by atoms with Crippen LogP contribution in [0.1, 0.15) is 19.3 Å². The molecule has 0 aliphatic rings. The van der Waals surface area contributed by atoms with Gasteiger partial charge in [0.05, 0.1) is 17.9 Å². The Balaban J connectivity index is -0.000000140. The maximum absolute atomic E-state index is 10.2. The minimum absolute atomic E-state index is 0. The normalized spacial score (nSPS) is 13.0. The Morgan fingerprint density at radius 2 is 0.579 bits per heavy atom. The number of carbonyl (C=O) groups is 6. The molecule has 0 aromatic carbocycles. The van der Waals surface area contributed by atoms with Crippen molar-refractivity contribution in [1.82, 2.24) is 0 Å². The van der Waals surface area contributed by atoms with Crippen LogP contribution in [0.2, 0.25) is 0 Å². The van der Waals surface area contributed by atoms with Gasteiger partial charge in [-0.25, -0.2) is 0 Å². The minimum Gasteiger partial charge on any atom is -0.550 e. The molecule has 0 saturated heterocycles. The molecule has 21 nitrogen and oxygen atoms in total. The zero-order valence-electron chi connectivity index (χ0n) is 17.7. The predicted octanol–water partition coefficient (Wildman–Crippen LogP) is -12.4. The first-order valence-electron chi connectivity index (χ1n) is 7.86. The molecule has 38 heavy (non-hydrogen) atoms. The van der Waals surface area contributed by atoms with Crippen LogP contribution in [0.4, 0.5) is 0 Å². The second-order valence-electron chi connectivity index (χ2n) is 5.70. The molecule has 0 heterocycles. The Hall–Kier alpha value is -1.68. The summed E-state index contributed by atoms with van der Waals surface area (Å²) < 4.78 is 85.4. The molecule has 214 valence electrons. The molecule has 0 bridgehead atoms. The summed E-state index contributed by atoms with van der Waals surface area (Å²) in [7, 11) is -14.8. The van der Waals surface area contributed by atoms with Crippen LogP contribution in [0.25, 0.3) is 0 Å². The summed E-state index contributed by atoms with van der Waals surface area (Å²) in [5.74, 6) is -12.2. The van der Waals surface area contributed by atoms with E-state index in [1.807, 2.05) is 0 Å².